The highest BCUT2D eigenvalue weighted by Crippen LogP contribution is 2.37. The Balaban J connectivity index is 1.94. The molecule has 1 heterocycles. The van der Waals surface area contributed by atoms with Crippen molar-refractivity contribution in [2.24, 2.45) is 5.73 Å². The molecule has 0 aliphatic heterocycles. The van der Waals surface area contributed by atoms with Crippen LogP contribution >= 0.6 is 23.3 Å². The summed E-state index contributed by atoms with van der Waals surface area (Å²) in [5.74, 6) is 0.925. The molecule has 1 aliphatic carbocycles. The Bertz CT molecular complexity index is 371. The van der Waals surface area contributed by atoms with E-state index < -0.39 is 0 Å². The van der Waals surface area contributed by atoms with Crippen molar-refractivity contribution >= 4 is 23.3 Å². The zero-order valence-corrected chi connectivity index (χ0v) is 11.7. The molecule has 0 radical (unpaired) electrons. The van der Waals surface area contributed by atoms with Crippen LogP contribution < -0.4 is 5.73 Å². The molecule has 0 aromatic carbocycles. The fourth-order valence-corrected chi connectivity index (χ4v) is 4.49. The molecule has 2 atom stereocenters. The van der Waals surface area contributed by atoms with E-state index in [0.29, 0.717) is 5.25 Å². The van der Waals surface area contributed by atoms with Crippen LogP contribution in [0.3, 0.4) is 0 Å². The summed E-state index contributed by atoms with van der Waals surface area (Å²) >= 11 is 3.25. The van der Waals surface area contributed by atoms with E-state index in [0.717, 1.165) is 42.3 Å². The van der Waals surface area contributed by atoms with Crippen LogP contribution in [0, 0.1) is 0 Å². The van der Waals surface area contributed by atoms with E-state index in [-0.39, 0.29) is 12.1 Å². The molecule has 1 aromatic heterocycles. The molecule has 3 N–H and O–H groups in total. The van der Waals surface area contributed by atoms with Crippen LogP contribution in [-0.4, -0.2) is 31.9 Å². The predicted molar refractivity (Wildman–Crippen MR) is 71.4 cm³/mol. The molecule has 4 nitrogen and oxygen atoms in total. The largest absolute Gasteiger partial charge is 0.394 e. The Morgan fingerprint density at radius 3 is 3.12 bits per heavy atom. The molecule has 1 fully saturated rings. The maximum Gasteiger partial charge on any atom is 0.170 e. The van der Waals surface area contributed by atoms with Crippen LogP contribution in [0.15, 0.2) is 4.34 Å². The van der Waals surface area contributed by atoms with Crippen molar-refractivity contribution in [1.29, 1.82) is 0 Å². The molecule has 1 aromatic rings. The molecule has 96 valence electrons. The smallest absolute Gasteiger partial charge is 0.170 e. The van der Waals surface area contributed by atoms with Gasteiger partial charge in [-0.15, -0.1) is 0 Å². The highest BCUT2D eigenvalue weighted by Gasteiger charge is 2.33. The molecule has 0 amide bonds. The number of nitrogens with two attached hydrogens (primary N) is 1. The Kier molecular flexibility index (Phi) is 4.41. The van der Waals surface area contributed by atoms with Crippen molar-refractivity contribution in [3.05, 3.63) is 5.82 Å². The third-order valence-corrected chi connectivity index (χ3v) is 5.27. The fraction of sp³-hybridized carbons (Fsp3) is 0.818. The summed E-state index contributed by atoms with van der Waals surface area (Å²) in [5, 5.41) is 9.79. The fourth-order valence-electron chi connectivity index (χ4n) is 2.16. The first-order valence-corrected chi connectivity index (χ1v) is 7.69. The van der Waals surface area contributed by atoms with Crippen LogP contribution in [0.4, 0.5) is 0 Å². The van der Waals surface area contributed by atoms with Crippen molar-refractivity contribution < 1.29 is 5.11 Å². The third-order valence-electron chi connectivity index (χ3n) is 3.18. The molecule has 1 saturated carbocycles. The lowest BCUT2D eigenvalue weighted by atomic mass is 9.83. The Labute approximate surface area is 110 Å². The number of aliphatic hydroxyl groups excluding tert-OH is 1. The van der Waals surface area contributed by atoms with Crippen LogP contribution in [0.2, 0.25) is 0 Å². The number of aromatic nitrogens is 2. The normalized spacial score (nSPS) is 29.5. The molecule has 1 aliphatic rings. The van der Waals surface area contributed by atoms with Crippen molar-refractivity contribution in [1.82, 2.24) is 9.36 Å². The van der Waals surface area contributed by atoms with E-state index in [2.05, 4.69) is 16.3 Å². The monoisotopic (exact) mass is 273 g/mol. The van der Waals surface area contributed by atoms with Gasteiger partial charge in [0, 0.05) is 17.2 Å². The van der Waals surface area contributed by atoms with E-state index in [1.807, 2.05) is 0 Å². The lowest BCUT2D eigenvalue weighted by molar-refractivity contribution is 0.159. The van der Waals surface area contributed by atoms with E-state index in [1.165, 1.54) is 11.5 Å². The number of hydrogen-bond donors (Lipinski definition) is 2. The molecule has 2 rings (SSSR count). The molecule has 6 heteroatoms. The maximum absolute atomic E-state index is 9.32. The van der Waals surface area contributed by atoms with Crippen molar-refractivity contribution in [2.45, 2.75) is 54.2 Å². The number of thioether (sulfide) groups is 1. The van der Waals surface area contributed by atoms with E-state index in [9.17, 15) is 5.11 Å². The van der Waals surface area contributed by atoms with Gasteiger partial charge in [0.2, 0.25) is 0 Å². The van der Waals surface area contributed by atoms with Crippen LogP contribution in [0.5, 0.6) is 0 Å². The summed E-state index contributed by atoms with van der Waals surface area (Å²) in [6, 6.07) is 0. The minimum absolute atomic E-state index is 0.0837. The first kappa shape index (κ1) is 13.3. The van der Waals surface area contributed by atoms with Crippen molar-refractivity contribution in [3.8, 4) is 0 Å². The molecule has 2 unspecified atom stereocenters. The van der Waals surface area contributed by atoms with Crippen molar-refractivity contribution in [3.63, 3.8) is 0 Å². The molecular weight excluding hydrogens is 254 g/mol. The lowest BCUT2D eigenvalue weighted by Crippen LogP contribution is -2.48. The molecule has 0 spiro atoms. The highest BCUT2D eigenvalue weighted by molar-refractivity contribution is 8.01. The van der Waals surface area contributed by atoms with Gasteiger partial charge in [0.1, 0.15) is 5.82 Å². The van der Waals surface area contributed by atoms with Crippen molar-refractivity contribution in [2.75, 3.05) is 6.61 Å². The first-order valence-electron chi connectivity index (χ1n) is 6.04. The van der Waals surface area contributed by atoms with Gasteiger partial charge in [-0.1, -0.05) is 25.1 Å². The second-order valence-electron chi connectivity index (χ2n) is 4.69. The number of rotatable bonds is 4. The molecule has 0 saturated heterocycles. The average Bonchev–Trinajstić information content (AvgIpc) is 2.77. The van der Waals surface area contributed by atoms with E-state index >= 15 is 0 Å². The second kappa shape index (κ2) is 5.65. The number of aryl methyl sites for hydroxylation is 1. The van der Waals surface area contributed by atoms with Gasteiger partial charge in [0.05, 0.1) is 6.61 Å². The molecule has 17 heavy (non-hydrogen) atoms. The van der Waals surface area contributed by atoms with Gasteiger partial charge in [-0.05, 0) is 30.8 Å². The summed E-state index contributed by atoms with van der Waals surface area (Å²) in [5.41, 5.74) is 5.76. The third kappa shape index (κ3) is 3.40. The van der Waals surface area contributed by atoms with Gasteiger partial charge in [0.25, 0.3) is 0 Å². The van der Waals surface area contributed by atoms with Gasteiger partial charge in [-0.3, -0.25) is 0 Å². The van der Waals surface area contributed by atoms with Gasteiger partial charge < -0.3 is 10.8 Å². The number of aliphatic hydroxyl groups is 1. The zero-order valence-electron chi connectivity index (χ0n) is 10.1. The summed E-state index contributed by atoms with van der Waals surface area (Å²) in [7, 11) is 0. The minimum Gasteiger partial charge on any atom is -0.394 e. The second-order valence-corrected chi connectivity index (χ2v) is 6.99. The predicted octanol–water partition coefficient (Wildman–Crippen LogP) is 1.82. The zero-order chi connectivity index (χ0) is 12.3. The molecule has 0 bridgehead atoms. The summed E-state index contributed by atoms with van der Waals surface area (Å²) in [6.45, 7) is 2.15. The molecular formula is C11H19N3OS2. The van der Waals surface area contributed by atoms with Gasteiger partial charge in [-0.25, -0.2) is 4.98 Å². The maximum atomic E-state index is 9.32. The quantitative estimate of drug-likeness (QED) is 0.875. The van der Waals surface area contributed by atoms with E-state index in [1.54, 1.807) is 11.8 Å². The number of nitrogens with zero attached hydrogens (tertiary/aromatic N) is 2. The van der Waals surface area contributed by atoms with Crippen LogP contribution in [0.25, 0.3) is 0 Å². The SMILES string of the molecule is CCc1nsc(SC2CCCC(N)(CO)C2)n1. The highest BCUT2D eigenvalue weighted by atomic mass is 32.2. The standard InChI is InChI=1S/C11H19N3OS2/c1-2-9-13-10(17-14-9)16-8-4-3-5-11(12,6-8)7-15/h8,15H,2-7,12H2,1H3. The van der Waals surface area contributed by atoms with Gasteiger partial charge in [-0.2, -0.15) is 4.37 Å². The Morgan fingerprint density at radius 1 is 1.65 bits per heavy atom. The topological polar surface area (TPSA) is 72.0 Å². The Hall–Kier alpha value is -0.170. The Morgan fingerprint density at radius 2 is 2.47 bits per heavy atom. The summed E-state index contributed by atoms with van der Waals surface area (Å²) < 4.78 is 5.32. The summed E-state index contributed by atoms with van der Waals surface area (Å²) in [4.78, 5) is 4.46. The summed E-state index contributed by atoms with van der Waals surface area (Å²) in [6.07, 6.45) is 4.93. The van der Waals surface area contributed by atoms with Crippen LogP contribution in [0.1, 0.15) is 38.4 Å². The average molecular weight is 273 g/mol. The van der Waals surface area contributed by atoms with Crippen LogP contribution in [-0.2, 0) is 6.42 Å². The minimum atomic E-state index is -0.381. The lowest BCUT2D eigenvalue weighted by Gasteiger charge is -2.35. The number of hydrogen-bond acceptors (Lipinski definition) is 6. The van der Waals surface area contributed by atoms with E-state index in [4.69, 9.17) is 5.73 Å². The van der Waals surface area contributed by atoms with Gasteiger partial charge in [0.15, 0.2) is 4.34 Å². The van der Waals surface area contributed by atoms with Gasteiger partial charge >= 0.3 is 0 Å². The first-order chi connectivity index (χ1) is 8.15.